The Morgan fingerprint density at radius 3 is 2.80 bits per heavy atom. The minimum absolute atomic E-state index is 0.167. The smallest absolute Gasteiger partial charge is 0.299 e. The normalized spacial score (nSPS) is 13.8. The number of carbonyl (C=O) groups is 2. The average Bonchev–Trinajstić information content (AvgIpc) is 2.66. The van der Waals surface area contributed by atoms with Crippen molar-refractivity contribution >= 4 is 33.3 Å². The number of halogens is 2. The average molecular weight is 335 g/mol. The number of rotatable bonds is 2. The third-order valence-corrected chi connectivity index (χ3v) is 3.68. The van der Waals surface area contributed by atoms with E-state index >= 15 is 0 Å². The minimum Gasteiger partial charge on any atom is -0.300 e. The van der Waals surface area contributed by atoms with Gasteiger partial charge in [-0.3, -0.25) is 14.6 Å². The van der Waals surface area contributed by atoms with Gasteiger partial charge in [-0.05, 0) is 39.7 Å². The van der Waals surface area contributed by atoms with Crippen LogP contribution in [0.2, 0.25) is 0 Å². The van der Waals surface area contributed by atoms with Crippen LogP contribution in [-0.2, 0) is 11.3 Å². The number of hydrogen-bond acceptors (Lipinski definition) is 3. The molecule has 100 valence electrons. The molecule has 0 radical (unpaired) electrons. The first kappa shape index (κ1) is 12.9. The summed E-state index contributed by atoms with van der Waals surface area (Å²) in [5.74, 6) is -1.78. The summed E-state index contributed by atoms with van der Waals surface area (Å²) in [6.07, 6.45) is 3.22. The molecular formula is C14H8BrFN2O2. The molecule has 3 rings (SSSR count). The summed E-state index contributed by atoms with van der Waals surface area (Å²) in [4.78, 5) is 29.1. The van der Waals surface area contributed by atoms with Gasteiger partial charge in [0, 0.05) is 12.4 Å². The Morgan fingerprint density at radius 1 is 1.30 bits per heavy atom. The molecule has 20 heavy (non-hydrogen) atoms. The van der Waals surface area contributed by atoms with Crippen molar-refractivity contribution in [3.05, 3.63) is 58.1 Å². The predicted molar refractivity (Wildman–Crippen MR) is 73.9 cm³/mol. The molecule has 0 bridgehead atoms. The Kier molecular flexibility index (Phi) is 3.10. The highest BCUT2D eigenvalue weighted by molar-refractivity contribution is 9.10. The third-order valence-electron chi connectivity index (χ3n) is 3.08. The monoisotopic (exact) mass is 334 g/mol. The van der Waals surface area contributed by atoms with Gasteiger partial charge in [0.05, 0.1) is 22.3 Å². The van der Waals surface area contributed by atoms with Crippen LogP contribution in [0.25, 0.3) is 0 Å². The highest BCUT2D eigenvalue weighted by atomic mass is 79.9. The molecule has 6 heteroatoms. The highest BCUT2D eigenvalue weighted by Gasteiger charge is 2.36. The molecule has 0 atom stereocenters. The number of benzene rings is 1. The first-order chi connectivity index (χ1) is 9.58. The molecule has 1 aromatic heterocycles. The lowest BCUT2D eigenvalue weighted by Crippen LogP contribution is -2.29. The Morgan fingerprint density at radius 2 is 2.10 bits per heavy atom. The van der Waals surface area contributed by atoms with Crippen LogP contribution in [0.3, 0.4) is 0 Å². The van der Waals surface area contributed by atoms with Crippen LogP contribution in [0.4, 0.5) is 10.1 Å². The van der Waals surface area contributed by atoms with E-state index in [1.54, 1.807) is 24.5 Å². The lowest BCUT2D eigenvalue weighted by Gasteiger charge is -2.16. The first-order valence-electron chi connectivity index (χ1n) is 5.82. The van der Waals surface area contributed by atoms with E-state index in [1.807, 2.05) is 0 Å². The van der Waals surface area contributed by atoms with E-state index in [2.05, 4.69) is 20.9 Å². The summed E-state index contributed by atoms with van der Waals surface area (Å²) >= 11 is 3.02. The maximum atomic E-state index is 13.6. The summed E-state index contributed by atoms with van der Waals surface area (Å²) in [5.41, 5.74) is 1.28. The molecule has 2 aromatic rings. The fourth-order valence-corrected chi connectivity index (χ4v) is 2.46. The van der Waals surface area contributed by atoms with Crippen molar-refractivity contribution in [2.75, 3.05) is 4.90 Å². The van der Waals surface area contributed by atoms with E-state index in [9.17, 15) is 14.0 Å². The summed E-state index contributed by atoms with van der Waals surface area (Å²) < 4.78 is 13.8. The standard InChI is InChI=1S/C14H8BrFN2O2/c15-10-4-9-12(5-11(10)16)18(14(20)13(9)19)7-8-2-1-3-17-6-8/h1-6H,7H2. The molecule has 0 unspecified atom stereocenters. The molecular weight excluding hydrogens is 327 g/mol. The van der Waals surface area contributed by atoms with Crippen LogP contribution in [0.15, 0.2) is 41.1 Å². The number of anilines is 1. The second kappa shape index (κ2) is 4.79. The van der Waals surface area contributed by atoms with E-state index < -0.39 is 17.5 Å². The summed E-state index contributed by atoms with van der Waals surface area (Å²) in [6, 6.07) is 6.06. The number of aromatic nitrogens is 1. The van der Waals surface area contributed by atoms with Gasteiger partial charge < -0.3 is 4.90 Å². The van der Waals surface area contributed by atoms with Crippen molar-refractivity contribution in [2.24, 2.45) is 0 Å². The van der Waals surface area contributed by atoms with Crippen LogP contribution < -0.4 is 4.90 Å². The molecule has 0 saturated carbocycles. The van der Waals surface area contributed by atoms with Crippen molar-refractivity contribution in [1.29, 1.82) is 0 Å². The van der Waals surface area contributed by atoms with Crippen LogP contribution in [0.1, 0.15) is 15.9 Å². The van der Waals surface area contributed by atoms with Gasteiger partial charge in [0.25, 0.3) is 11.7 Å². The molecule has 1 aromatic carbocycles. The summed E-state index contributed by atoms with van der Waals surface area (Å²) in [7, 11) is 0. The van der Waals surface area contributed by atoms with Crippen molar-refractivity contribution < 1.29 is 14.0 Å². The minimum atomic E-state index is -0.652. The van der Waals surface area contributed by atoms with E-state index in [0.717, 1.165) is 5.56 Å². The van der Waals surface area contributed by atoms with E-state index in [0.29, 0.717) is 5.69 Å². The Bertz CT molecular complexity index is 719. The van der Waals surface area contributed by atoms with Crippen molar-refractivity contribution in [2.45, 2.75) is 6.54 Å². The molecule has 2 heterocycles. The number of ketones is 1. The molecule has 1 aliphatic rings. The van der Waals surface area contributed by atoms with Gasteiger partial charge in [0.1, 0.15) is 5.82 Å². The quantitative estimate of drug-likeness (QED) is 0.793. The molecule has 4 nitrogen and oxygen atoms in total. The van der Waals surface area contributed by atoms with Crippen molar-refractivity contribution in [3.8, 4) is 0 Å². The predicted octanol–water partition coefficient (Wildman–Crippen LogP) is 2.71. The highest BCUT2D eigenvalue weighted by Crippen LogP contribution is 2.34. The molecule has 1 aliphatic heterocycles. The van der Waals surface area contributed by atoms with Gasteiger partial charge >= 0.3 is 0 Å². The summed E-state index contributed by atoms with van der Waals surface area (Å²) in [6.45, 7) is 0.187. The fraction of sp³-hybridized carbons (Fsp3) is 0.0714. The zero-order valence-electron chi connectivity index (χ0n) is 10.1. The van der Waals surface area contributed by atoms with Gasteiger partial charge in [0.15, 0.2) is 0 Å². The van der Waals surface area contributed by atoms with Gasteiger partial charge in [0.2, 0.25) is 0 Å². The Hall–Kier alpha value is -2.08. The van der Waals surface area contributed by atoms with E-state index in [1.165, 1.54) is 17.0 Å². The molecule has 1 amide bonds. The number of fused-ring (bicyclic) bond motifs is 1. The Balaban J connectivity index is 2.04. The topological polar surface area (TPSA) is 50.3 Å². The van der Waals surface area contributed by atoms with Crippen LogP contribution in [-0.4, -0.2) is 16.7 Å². The molecule has 0 saturated heterocycles. The number of carbonyl (C=O) groups excluding carboxylic acids is 2. The number of Topliss-reactive ketones (excluding diaryl/α,β-unsaturated/α-hetero) is 1. The van der Waals surface area contributed by atoms with E-state index in [-0.39, 0.29) is 16.6 Å². The van der Waals surface area contributed by atoms with Crippen molar-refractivity contribution in [3.63, 3.8) is 0 Å². The zero-order valence-corrected chi connectivity index (χ0v) is 11.7. The third kappa shape index (κ3) is 2.02. The lowest BCUT2D eigenvalue weighted by atomic mass is 10.1. The first-order valence-corrected chi connectivity index (χ1v) is 6.61. The van der Waals surface area contributed by atoms with E-state index in [4.69, 9.17) is 0 Å². The second-order valence-electron chi connectivity index (χ2n) is 4.37. The Labute approximate surface area is 122 Å². The number of nitrogens with zero attached hydrogens (tertiary/aromatic N) is 2. The van der Waals surface area contributed by atoms with Crippen molar-refractivity contribution in [1.82, 2.24) is 4.98 Å². The van der Waals surface area contributed by atoms with Gasteiger partial charge in [-0.15, -0.1) is 0 Å². The largest absolute Gasteiger partial charge is 0.300 e. The number of pyridine rings is 1. The van der Waals surface area contributed by atoms with Crippen LogP contribution >= 0.6 is 15.9 Å². The molecule has 0 fully saturated rings. The van der Waals surface area contributed by atoms with Gasteiger partial charge in [-0.2, -0.15) is 0 Å². The van der Waals surface area contributed by atoms with Gasteiger partial charge in [-0.25, -0.2) is 4.39 Å². The lowest BCUT2D eigenvalue weighted by molar-refractivity contribution is -0.114. The molecule has 0 aliphatic carbocycles. The second-order valence-corrected chi connectivity index (χ2v) is 5.22. The number of amides is 1. The maximum Gasteiger partial charge on any atom is 0.299 e. The van der Waals surface area contributed by atoms with Crippen LogP contribution in [0.5, 0.6) is 0 Å². The summed E-state index contributed by atoms with van der Waals surface area (Å²) in [5, 5.41) is 0. The SMILES string of the molecule is O=C1C(=O)N(Cc2cccnc2)c2cc(F)c(Br)cc21. The molecule has 0 spiro atoms. The number of hydrogen-bond donors (Lipinski definition) is 0. The maximum absolute atomic E-state index is 13.6. The van der Waals surface area contributed by atoms with Crippen LogP contribution in [0, 0.1) is 5.82 Å². The molecule has 0 N–H and O–H groups in total. The fourth-order valence-electron chi connectivity index (χ4n) is 2.12. The van der Waals surface area contributed by atoms with Gasteiger partial charge in [-0.1, -0.05) is 6.07 Å². The zero-order chi connectivity index (χ0) is 14.3.